The van der Waals surface area contributed by atoms with E-state index in [4.69, 9.17) is 5.73 Å². The SMILES string of the molecule is CC1CCC(c2ccc(C3CCC(CN)CC3)cc2)CC1. The molecule has 1 aromatic rings. The van der Waals surface area contributed by atoms with Crippen LogP contribution in [0.4, 0.5) is 0 Å². The zero-order valence-electron chi connectivity index (χ0n) is 13.6. The number of benzene rings is 1. The summed E-state index contributed by atoms with van der Waals surface area (Å²) in [5.74, 6) is 3.33. The maximum absolute atomic E-state index is 5.80. The summed E-state index contributed by atoms with van der Waals surface area (Å²) in [5, 5.41) is 0. The highest BCUT2D eigenvalue weighted by Crippen LogP contribution is 2.38. The first kappa shape index (κ1) is 15.1. The molecule has 1 aromatic carbocycles. The van der Waals surface area contributed by atoms with Crippen LogP contribution in [0.3, 0.4) is 0 Å². The molecule has 0 bridgehead atoms. The molecule has 0 spiro atoms. The van der Waals surface area contributed by atoms with Gasteiger partial charge in [-0.15, -0.1) is 0 Å². The molecular weight excluding hydrogens is 254 g/mol. The van der Waals surface area contributed by atoms with E-state index >= 15 is 0 Å². The molecule has 0 atom stereocenters. The van der Waals surface area contributed by atoms with Gasteiger partial charge in [-0.05, 0) is 79.9 Å². The normalized spacial score (nSPS) is 33.8. The lowest BCUT2D eigenvalue weighted by atomic mass is 9.77. The molecule has 1 heteroatoms. The van der Waals surface area contributed by atoms with Gasteiger partial charge in [-0.25, -0.2) is 0 Å². The quantitative estimate of drug-likeness (QED) is 0.810. The van der Waals surface area contributed by atoms with Gasteiger partial charge in [0.15, 0.2) is 0 Å². The summed E-state index contributed by atoms with van der Waals surface area (Å²) in [7, 11) is 0. The Bertz CT molecular complexity index is 420. The van der Waals surface area contributed by atoms with Crippen molar-refractivity contribution in [3.63, 3.8) is 0 Å². The van der Waals surface area contributed by atoms with E-state index in [1.165, 1.54) is 51.4 Å². The predicted molar refractivity (Wildman–Crippen MR) is 90.6 cm³/mol. The maximum atomic E-state index is 5.80. The molecule has 2 aliphatic carbocycles. The van der Waals surface area contributed by atoms with Gasteiger partial charge in [-0.2, -0.15) is 0 Å². The fourth-order valence-electron chi connectivity index (χ4n) is 4.37. The number of hydrogen-bond donors (Lipinski definition) is 1. The topological polar surface area (TPSA) is 26.0 Å². The Morgan fingerprint density at radius 3 is 1.62 bits per heavy atom. The van der Waals surface area contributed by atoms with Crippen molar-refractivity contribution in [2.75, 3.05) is 6.54 Å². The van der Waals surface area contributed by atoms with E-state index in [2.05, 4.69) is 31.2 Å². The van der Waals surface area contributed by atoms with Crippen LogP contribution >= 0.6 is 0 Å². The molecule has 0 unspecified atom stereocenters. The van der Waals surface area contributed by atoms with Crippen LogP contribution in [0.25, 0.3) is 0 Å². The minimum absolute atomic E-state index is 0.782. The van der Waals surface area contributed by atoms with Gasteiger partial charge in [-0.3, -0.25) is 0 Å². The van der Waals surface area contributed by atoms with Gasteiger partial charge in [0.2, 0.25) is 0 Å². The molecular formula is C20H31N. The van der Waals surface area contributed by atoms with E-state index in [9.17, 15) is 0 Å². The van der Waals surface area contributed by atoms with Crippen molar-refractivity contribution in [1.82, 2.24) is 0 Å². The molecule has 0 aromatic heterocycles. The fourth-order valence-corrected chi connectivity index (χ4v) is 4.37. The highest BCUT2D eigenvalue weighted by Gasteiger charge is 2.23. The Labute approximate surface area is 130 Å². The highest BCUT2D eigenvalue weighted by molar-refractivity contribution is 5.28. The molecule has 3 rings (SSSR count). The Morgan fingerprint density at radius 1 is 0.762 bits per heavy atom. The third-order valence-electron chi connectivity index (χ3n) is 6.08. The van der Waals surface area contributed by atoms with E-state index in [-0.39, 0.29) is 0 Å². The first-order valence-corrected chi connectivity index (χ1v) is 9.06. The van der Waals surface area contributed by atoms with Gasteiger partial charge in [0.25, 0.3) is 0 Å². The first-order valence-electron chi connectivity index (χ1n) is 9.06. The second kappa shape index (κ2) is 6.96. The molecule has 2 N–H and O–H groups in total. The van der Waals surface area contributed by atoms with Crippen LogP contribution in [0.2, 0.25) is 0 Å². The van der Waals surface area contributed by atoms with Crippen LogP contribution in [-0.4, -0.2) is 6.54 Å². The summed E-state index contributed by atoms with van der Waals surface area (Å²) in [6, 6.07) is 9.68. The van der Waals surface area contributed by atoms with Crippen LogP contribution in [0.15, 0.2) is 24.3 Å². The van der Waals surface area contributed by atoms with Gasteiger partial charge in [-0.1, -0.05) is 44.0 Å². The molecule has 116 valence electrons. The molecule has 1 nitrogen and oxygen atoms in total. The van der Waals surface area contributed by atoms with Gasteiger partial charge in [0.05, 0.1) is 0 Å². The molecule has 0 amide bonds. The lowest BCUT2D eigenvalue weighted by Gasteiger charge is -2.29. The summed E-state index contributed by atoms with van der Waals surface area (Å²) < 4.78 is 0. The zero-order chi connectivity index (χ0) is 14.7. The zero-order valence-corrected chi connectivity index (χ0v) is 13.6. The third-order valence-corrected chi connectivity index (χ3v) is 6.08. The Kier molecular flexibility index (Phi) is 5.00. The third kappa shape index (κ3) is 3.69. The highest BCUT2D eigenvalue weighted by atomic mass is 14.5. The van der Waals surface area contributed by atoms with Gasteiger partial charge in [0, 0.05) is 0 Å². The van der Waals surface area contributed by atoms with Gasteiger partial charge < -0.3 is 5.73 Å². The second-order valence-electron chi connectivity index (χ2n) is 7.58. The molecule has 0 radical (unpaired) electrons. The molecule has 0 heterocycles. The van der Waals surface area contributed by atoms with Crippen LogP contribution in [0.1, 0.15) is 81.3 Å². The number of nitrogens with two attached hydrogens (primary N) is 1. The summed E-state index contributed by atoms with van der Waals surface area (Å²) in [5.41, 5.74) is 8.95. The van der Waals surface area contributed by atoms with Crippen molar-refractivity contribution < 1.29 is 0 Å². The van der Waals surface area contributed by atoms with Gasteiger partial charge >= 0.3 is 0 Å². The fraction of sp³-hybridized carbons (Fsp3) is 0.700. The molecule has 2 aliphatic rings. The lowest BCUT2D eigenvalue weighted by molar-refractivity contribution is 0.332. The van der Waals surface area contributed by atoms with Crippen LogP contribution in [-0.2, 0) is 0 Å². The Hall–Kier alpha value is -0.820. The van der Waals surface area contributed by atoms with Crippen molar-refractivity contribution in [1.29, 1.82) is 0 Å². The van der Waals surface area contributed by atoms with Crippen molar-refractivity contribution in [3.8, 4) is 0 Å². The Balaban J connectivity index is 1.59. The minimum Gasteiger partial charge on any atom is -0.330 e. The van der Waals surface area contributed by atoms with E-state index in [1.807, 2.05) is 0 Å². The molecule has 21 heavy (non-hydrogen) atoms. The van der Waals surface area contributed by atoms with Crippen LogP contribution < -0.4 is 5.73 Å². The van der Waals surface area contributed by atoms with Crippen molar-refractivity contribution >= 4 is 0 Å². The molecule has 2 saturated carbocycles. The molecule has 2 fully saturated rings. The van der Waals surface area contributed by atoms with Crippen LogP contribution in [0, 0.1) is 11.8 Å². The van der Waals surface area contributed by atoms with E-state index in [1.54, 1.807) is 11.1 Å². The average Bonchev–Trinajstić information content (AvgIpc) is 2.56. The summed E-state index contributed by atoms with van der Waals surface area (Å²) >= 11 is 0. The molecule has 0 aliphatic heterocycles. The lowest BCUT2D eigenvalue weighted by Crippen LogP contribution is -2.20. The van der Waals surface area contributed by atoms with E-state index in [0.717, 1.165) is 30.2 Å². The standard InChI is InChI=1S/C20H31N/c1-15-2-6-17(7-3-15)19-10-12-20(13-11-19)18-8-4-16(14-21)5-9-18/h10-13,15-18H,2-9,14,21H2,1H3. The number of hydrogen-bond acceptors (Lipinski definition) is 1. The van der Waals surface area contributed by atoms with E-state index < -0.39 is 0 Å². The summed E-state index contributed by atoms with van der Waals surface area (Å²) in [6.45, 7) is 3.28. The molecule has 0 saturated heterocycles. The predicted octanol–water partition coefficient (Wildman–Crippen LogP) is 5.21. The minimum atomic E-state index is 0.782. The maximum Gasteiger partial charge on any atom is -0.00489 e. The van der Waals surface area contributed by atoms with Crippen molar-refractivity contribution in [2.45, 2.75) is 70.1 Å². The first-order chi connectivity index (χ1) is 10.3. The van der Waals surface area contributed by atoms with E-state index in [0.29, 0.717) is 0 Å². The smallest absolute Gasteiger partial charge is 0.00489 e. The average molecular weight is 285 g/mol. The monoisotopic (exact) mass is 285 g/mol. The summed E-state index contributed by atoms with van der Waals surface area (Å²) in [4.78, 5) is 0. The Morgan fingerprint density at radius 2 is 1.19 bits per heavy atom. The van der Waals surface area contributed by atoms with Gasteiger partial charge in [0.1, 0.15) is 0 Å². The number of rotatable bonds is 3. The van der Waals surface area contributed by atoms with Crippen molar-refractivity contribution in [3.05, 3.63) is 35.4 Å². The largest absolute Gasteiger partial charge is 0.330 e. The summed E-state index contributed by atoms with van der Waals surface area (Å²) in [6.07, 6.45) is 10.9. The van der Waals surface area contributed by atoms with Crippen LogP contribution in [0.5, 0.6) is 0 Å². The second-order valence-corrected chi connectivity index (χ2v) is 7.58. The van der Waals surface area contributed by atoms with Crippen molar-refractivity contribution in [2.24, 2.45) is 17.6 Å².